The number of methoxy groups -OCH3 is 1. The molecule has 1 aromatic heterocycles. The molecule has 0 fully saturated rings. The van der Waals surface area contributed by atoms with Crippen molar-refractivity contribution < 1.29 is 14.3 Å². The first-order valence-corrected chi connectivity index (χ1v) is 6.83. The van der Waals surface area contributed by atoms with Gasteiger partial charge in [0.05, 0.1) is 26.0 Å². The second-order valence-electron chi connectivity index (χ2n) is 4.32. The van der Waals surface area contributed by atoms with Gasteiger partial charge in [0.15, 0.2) is 5.69 Å². The molecule has 0 atom stereocenters. The number of ether oxygens (including phenoxy) is 2. The fourth-order valence-corrected chi connectivity index (χ4v) is 1.75. The lowest BCUT2D eigenvalue weighted by molar-refractivity contribution is 0.0592. The van der Waals surface area contributed by atoms with Crippen LogP contribution in [0.25, 0.3) is 0 Å². The summed E-state index contributed by atoms with van der Waals surface area (Å²) in [4.78, 5) is 11.6. The van der Waals surface area contributed by atoms with Gasteiger partial charge in [-0.15, -0.1) is 5.10 Å². The minimum absolute atomic E-state index is 0.318. The van der Waals surface area contributed by atoms with E-state index in [1.54, 1.807) is 4.68 Å². The SMILES string of the molecule is CCCCOCCn1nnc(C(=O)OC)c1CCC. The Hall–Kier alpha value is -1.43. The Morgan fingerprint density at radius 2 is 2.05 bits per heavy atom. The maximum Gasteiger partial charge on any atom is 0.360 e. The predicted octanol–water partition coefficient (Wildman–Crippen LogP) is 1.83. The number of rotatable bonds is 9. The van der Waals surface area contributed by atoms with Crippen LogP contribution >= 0.6 is 0 Å². The van der Waals surface area contributed by atoms with Crippen molar-refractivity contribution in [2.45, 2.75) is 46.1 Å². The van der Waals surface area contributed by atoms with Gasteiger partial charge in [-0.1, -0.05) is 31.9 Å². The molecule has 0 aliphatic carbocycles. The first-order valence-electron chi connectivity index (χ1n) is 6.83. The van der Waals surface area contributed by atoms with Crippen molar-refractivity contribution in [3.8, 4) is 0 Å². The van der Waals surface area contributed by atoms with Gasteiger partial charge in [0.1, 0.15) is 0 Å². The van der Waals surface area contributed by atoms with Gasteiger partial charge in [-0.2, -0.15) is 0 Å². The van der Waals surface area contributed by atoms with Crippen LogP contribution in [0, 0.1) is 0 Å². The summed E-state index contributed by atoms with van der Waals surface area (Å²) < 4.78 is 11.9. The Balaban J connectivity index is 2.61. The van der Waals surface area contributed by atoms with E-state index in [1.165, 1.54) is 7.11 Å². The Morgan fingerprint density at radius 3 is 2.68 bits per heavy atom. The van der Waals surface area contributed by atoms with Crippen molar-refractivity contribution >= 4 is 5.97 Å². The average molecular weight is 269 g/mol. The van der Waals surface area contributed by atoms with Crippen molar-refractivity contribution in [1.29, 1.82) is 0 Å². The van der Waals surface area contributed by atoms with E-state index in [4.69, 9.17) is 9.47 Å². The van der Waals surface area contributed by atoms with Crippen molar-refractivity contribution in [2.24, 2.45) is 0 Å². The standard InChI is InChI=1S/C13H23N3O3/c1-4-6-9-19-10-8-16-11(7-5-2)12(14-15-16)13(17)18-3/h4-10H2,1-3H3. The number of aromatic nitrogens is 3. The Bertz CT molecular complexity index is 390. The zero-order chi connectivity index (χ0) is 14.1. The van der Waals surface area contributed by atoms with Crippen molar-refractivity contribution in [3.63, 3.8) is 0 Å². The summed E-state index contributed by atoms with van der Waals surface area (Å²) in [5.74, 6) is -0.429. The van der Waals surface area contributed by atoms with Crippen molar-refractivity contribution in [2.75, 3.05) is 20.3 Å². The monoisotopic (exact) mass is 269 g/mol. The molecular weight excluding hydrogens is 246 g/mol. The van der Waals surface area contributed by atoms with Crippen molar-refractivity contribution in [1.82, 2.24) is 15.0 Å². The van der Waals surface area contributed by atoms with Gasteiger partial charge in [0.2, 0.25) is 0 Å². The van der Waals surface area contributed by atoms with Crippen LogP contribution in [0.5, 0.6) is 0 Å². The summed E-state index contributed by atoms with van der Waals surface area (Å²) in [5.41, 5.74) is 1.14. The van der Waals surface area contributed by atoms with Crippen LogP contribution in [0.3, 0.4) is 0 Å². The molecule has 108 valence electrons. The number of unbranched alkanes of at least 4 members (excludes halogenated alkanes) is 1. The van der Waals surface area contributed by atoms with E-state index in [9.17, 15) is 4.79 Å². The molecule has 0 bridgehead atoms. The van der Waals surface area contributed by atoms with E-state index in [1.807, 2.05) is 0 Å². The van der Waals surface area contributed by atoms with Crippen LogP contribution in [0.4, 0.5) is 0 Å². The molecule has 0 aliphatic heterocycles. The second-order valence-corrected chi connectivity index (χ2v) is 4.32. The summed E-state index contributed by atoms with van der Waals surface area (Å²) in [5, 5.41) is 7.91. The fraction of sp³-hybridized carbons (Fsp3) is 0.769. The molecule has 0 aromatic carbocycles. The van der Waals surface area contributed by atoms with Crippen LogP contribution in [-0.4, -0.2) is 41.3 Å². The third kappa shape index (κ3) is 4.63. The van der Waals surface area contributed by atoms with Gasteiger partial charge in [-0.05, 0) is 12.8 Å². The number of nitrogens with zero attached hydrogens (tertiary/aromatic N) is 3. The van der Waals surface area contributed by atoms with Crippen LogP contribution in [0.2, 0.25) is 0 Å². The summed E-state index contributed by atoms with van der Waals surface area (Å²) in [7, 11) is 1.35. The molecule has 1 heterocycles. The molecule has 0 spiro atoms. The molecule has 0 radical (unpaired) electrons. The Morgan fingerprint density at radius 1 is 1.26 bits per heavy atom. The van der Waals surface area contributed by atoms with E-state index in [-0.39, 0.29) is 0 Å². The van der Waals surface area contributed by atoms with Gasteiger partial charge in [0.25, 0.3) is 0 Å². The van der Waals surface area contributed by atoms with E-state index < -0.39 is 5.97 Å². The van der Waals surface area contributed by atoms with Crippen LogP contribution < -0.4 is 0 Å². The van der Waals surface area contributed by atoms with Gasteiger partial charge in [-0.3, -0.25) is 0 Å². The maximum atomic E-state index is 11.6. The van der Waals surface area contributed by atoms with Gasteiger partial charge >= 0.3 is 5.97 Å². The van der Waals surface area contributed by atoms with Crippen LogP contribution in [-0.2, 0) is 22.4 Å². The van der Waals surface area contributed by atoms with E-state index in [2.05, 4.69) is 24.2 Å². The lowest BCUT2D eigenvalue weighted by atomic mass is 10.2. The molecule has 0 amide bonds. The first-order chi connectivity index (χ1) is 9.24. The van der Waals surface area contributed by atoms with Gasteiger partial charge in [-0.25, -0.2) is 9.48 Å². The van der Waals surface area contributed by atoms with Crippen LogP contribution in [0.15, 0.2) is 0 Å². The normalized spacial score (nSPS) is 10.7. The lowest BCUT2D eigenvalue weighted by Gasteiger charge is -2.07. The van der Waals surface area contributed by atoms with Crippen molar-refractivity contribution in [3.05, 3.63) is 11.4 Å². The molecule has 6 nitrogen and oxygen atoms in total. The second kappa shape index (κ2) is 8.63. The number of hydrogen-bond donors (Lipinski definition) is 0. The minimum Gasteiger partial charge on any atom is -0.464 e. The molecule has 6 heteroatoms. The van der Waals surface area contributed by atoms with E-state index >= 15 is 0 Å². The molecule has 0 unspecified atom stereocenters. The topological polar surface area (TPSA) is 66.2 Å². The highest BCUT2D eigenvalue weighted by atomic mass is 16.5. The summed E-state index contributed by atoms with van der Waals surface area (Å²) in [6.45, 7) is 6.14. The molecule has 0 saturated heterocycles. The smallest absolute Gasteiger partial charge is 0.360 e. The lowest BCUT2D eigenvalue weighted by Crippen LogP contribution is -2.13. The van der Waals surface area contributed by atoms with Gasteiger partial charge < -0.3 is 9.47 Å². The Labute approximate surface area is 114 Å². The summed E-state index contributed by atoms with van der Waals surface area (Å²) in [6, 6.07) is 0. The number of hydrogen-bond acceptors (Lipinski definition) is 5. The number of carbonyl (C=O) groups is 1. The van der Waals surface area contributed by atoms with Gasteiger partial charge in [0, 0.05) is 6.61 Å². The maximum absolute atomic E-state index is 11.6. The highest BCUT2D eigenvalue weighted by Crippen LogP contribution is 2.09. The molecule has 0 saturated carbocycles. The summed E-state index contributed by atoms with van der Waals surface area (Å²) in [6.07, 6.45) is 3.87. The predicted molar refractivity (Wildman–Crippen MR) is 71.1 cm³/mol. The first kappa shape index (κ1) is 15.6. The van der Waals surface area contributed by atoms with Crippen LogP contribution in [0.1, 0.15) is 49.3 Å². The minimum atomic E-state index is -0.429. The van der Waals surface area contributed by atoms with E-state index in [0.717, 1.165) is 38.0 Å². The molecule has 1 aromatic rings. The average Bonchev–Trinajstić information content (AvgIpc) is 2.81. The fourth-order valence-electron chi connectivity index (χ4n) is 1.75. The largest absolute Gasteiger partial charge is 0.464 e. The zero-order valence-corrected chi connectivity index (χ0v) is 12.0. The molecule has 1 rings (SSSR count). The highest BCUT2D eigenvalue weighted by molar-refractivity contribution is 5.88. The third-order valence-corrected chi connectivity index (χ3v) is 2.79. The molecule has 0 N–H and O–H groups in total. The quantitative estimate of drug-likeness (QED) is 0.505. The Kier molecular flexibility index (Phi) is 7.10. The summed E-state index contributed by atoms with van der Waals surface area (Å²) >= 11 is 0. The molecule has 0 aliphatic rings. The number of esters is 1. The molecule has 19 heavy (non-hydrogen) atoms. The third-order valence-electron chi connectivity index (χ3n) is 2.79. The number of carbonyl (C=O) groups excluding carboxylic acids is 1. The molecular formula is C13H23N3O3. The van der Waals surface area contributed by atoms with E-state index in [0.29, 0.717) is 18.8 Å². The zero-order valence-electron chi connectivity index (χ0n) is 12.0. The highest BCUT2D eigenvalue weighted by Gasteiger charge is 2.19.